The van der Waals surface area contributed by atoms with Crippen LogP contribution in [0.15, 0.2) is 66.7 Å². The quantitative estimate of drug-likeness (QED) is 0.418. The maximum atomic E-state index is 12.3. The van der Waals surface area contributed by atoms with Gasteiger partial charge in [-0.25, -0.2) is 9.59 Å². The lowest BCUT2D eigenvalue weighted by atomic mass is 10.0. The number of amides is 3. The summed E-state index contributed by atoms with van der Waals surface area (Å²) in [5, 5.41) is 17.3. The Kier molecular flexibility index (Phi) is 6.82. The van der Waals surface area contributed by atoms with Gasteiger partial charge in [0.05, 0.1) is 0 Å². The molecule has 7 nitrogen and oxygen atoms in total. The highest BCUT2D eigenvalue weighted by Crippen LogP contribution is 2.23. The third-order valence-corrected chi connectivity index (χ3v) is 5.44. The lowest BCUT2D eigenvalue weighted by Gasteiger charge is -2.21. The van der Waals surface area contributed by atoms with Crippen molar-refractivity contribution in [1.82, 2.24) is 5.32 Å². The van der Waals surface area contributed by atoms with Crippen molar-refractivity contribution < 1.29 is 19.5 Å². The average molecular weight is 446 g/mol. The third kappa shape index (κ3) is 5.77. The Morgan fingerprint density at radius 2 is 1.36 bits per heavy atom. The number of rotatable bonds is 6. The molecule has 0 spiro atoms. The molecule has 0 atom stereocenters. The second-order valence-corrected chi connectivity index (χ2v) is 8.37. The molecule has 0 bridgehead atoms. The van der Waals surface area contributed by atoms with E-state index < -0.39 is 17.4 Å². The van der Waals surface area contributed by atoms with Crippen molar-refractivity contribution in [3.8, 4) is 11.1 Å². The van der Waals surface area contributed by atoms with Gasteiger partial charge in [-0.2, -0.15) is 0 Å². The van der Waals surface area contributed by atoms with Crippen LogP contribution in [0.1, 0.15) is 35.3 Å². The van der Waals surface area contributed by atoms with Crippen molar-refractivity contribution in [3.05, 3.63) is 83.4 Å². The van der Waals surface area contributed by atoms with Crippen LogP contribution in [0, 0.1) is 13.8 Å². The fourth-order valence-electron chi connectivity index (χ4n) is 3.14. The second-order valence-electron chi connectivity index (χ2n) is 8.37. The van der Waals surface area contributed by atoms with Gasteiger partial charge in [-0.05, 0) is 80.3 Å². The average Bonchev–Trinajstić information content (AvgIpc) is 2.77. The summed E-state index contributed by atoms with van der Waals surface area (Å²) in [6.45, 7) is 6.81. The second kappa shape index (κ2) is 9.56. The van der Waals surface area contributed by atoms with E-state index in [1.54, 1.807) is 36.4 Å². The summed E-state index contributed by atoms with van der Waals surface area (Å²) in [6.07, 6.45) is 0. The Balaban J connectivity index is 1.64. The number of anilines is 2. The van der Waals surface area contributed by atoms with Gasteiger partial charge in [0, 0.05) is 16.9 Å². The van der Waals surface area contributed by atoms with Gasteiger partial charge in [-0.1, -0.05) is 36.4 Å². The van der Waals surface area contributed by atoms with Crippen molar-refractivity contribution in [2.45, 2.75) is 33.2 Å². The molecule has 3 amide bonds. The minimum absolute atomic E-state index is 0.323. The number of nitrogens with one attached hydrogen (secondary N) is 3. The van der Waals surface area contributed by atoms with Crippen LogP contribution < -0.4 is 16.0 Å². The lowest BCUT2D eigenvalue weighted by molar-refractivity contribution is -0.143. The van der Waals surface area contributed by atoms with E-state index >= 15 is 0 Å². The van der Waals surface area contributed by atoms with Crippen LogP contribution in [-0.4, -0.2) is 28.6 Å². The van der Waals surface area contributed by atoms with E-state index in [9.17, 15) is 14.4 Å². The molecule has 0 unspecified atom stereocenters. The topological polar surface area (TPSA) is 108 Å². The first-order valence-electron chi connectivity index (χ1n) is 10.5. The van der Waals surface area contributed by atoms with E-state index in [0.717, 1.165) is 27.9 Å². The number of benzene rings is 3. The molecule has 33 heavy (non-hydrogen) atoms. The molecule has 0 radical (unpaired) electrons. The van der Waals surface area contributed by atoms with Crippen LogP contribution in [0.25, 0.3) is 11.1 Å². The number of hydrogen-bond acceptors (Lipinski definition) is 3. The lowest BCUT2D eigenvalue weighted by Crippen LogP contribution is -2.49. The fraction of sp³-hybridized carbons (Fsp3) is 0.192. The highest BCUT2D eigenvalue weighted by molar-refractivity contribution is 6.00. The van der Waals surface area contributed by atoms with Crippen molar-refractivity contribution in [2.24, 2.45) is 0 Å². The molecule has 0 aliphatic carbocycles. The monoisotopic (exact) mass is 445 g/mol. The van der Waals surface area contributed by atoms with Crippen LogP contribution in [0.4, 0.5) is 16.2 Å². The number of aryl methyl sites for hydroxylation is 1. The molecule has 0 aliphatic heterocycles. The van der Waals surface area contributed by atoms with Gasteiger partial charge in [-0.3, -0.25) is 4.79 Å². The number of urea groups is 1. The molecule has 170 valence electrons. The first-order valence-corrected chi connectivity index (χ1v) is 10.5. The largest absolute Gasteiger partial charge is 0.480 e. The molecule has 0 saturated carbocycles. The summed E-state index contributed by atoms with van der Waals surface area (Å²) in [4.78, 5) is 35.9. The van der Waals surface area contributed by atoms with Gasteiger partial charge < -0.3 is 21.1 Å². The zero-order valence-electron chi connectivity index (χ0n) is 19.0. The summed E-state index contributed by atoms with van der Waals surface area (Å²) >= 11 is 0. The standard InChI is InChI=1S/C26H27N3O4/c1-16-6-5-7-22(17(16)2)28-25(33)27-21-14-12-19(13-15-21)18-8-10-20(11-9-18)23(30)29-26(3,4)24(31)32/h5-15H,1-4H3,(H,29,30)(H,31,32)(H2,27,28,33). The fourth-order valence-corrected chi connectivity index (χ4v) is 3.14. The van der Waals surface area contributed by atoms with Gasteiger partial charge in [0.2, 0.25) is 0 Å². The van der Waals surface area contributed by atoms with Crippen LogP contribution >= 0.6 is 0 Å². The van der Waals surface area contributed by atoms with Gasteiger partial charge in [-0.15, -0.1) is 0 Å². The summed E-state index contributed by atoms with van der Waals surface area (Å²) in [7, 11) is 0. The predicted octanol–water partition coefficient (Wildman–Crippen LogP) is 5.21. The van der Waals surface area contributed by atoms with E-state index in [0.29, 0.717) is 11.3 Å². The molecule has 0 aromatic heterocycles. The van der Waals surface area contributed by atoms with E-state index in [4.69, 9.17) is 5.11 Å². The maximum Gasteiger partial charge on any atom is 0.328 e. The molecule has 0 saturated heterocycles. The minimum Gasteiger partial charge on any atom is -0.480 e. The van der Waals surface area contributed by atoms with Gasteiger partial charge in [0.1, 0.15) is 5.54 Å². The zero-order chi connectivity index (χ0) is 24.2. The molecule has 7 heteroatoms. The summed E-state index contributed by atoms with van der Waals surface area (Å²) in [6, 6.07) is 19.6. The zero-order valence-corrected chi connectivity index (χ0v) is 19.0. The molecular weight excluding hydrogens is 418 g/mol. The van der Waals surface area contributed by atoms with Crippen LogP contribution in [0.3, 0.4) is 0 Å². The molecule has 3 aromatic carbocycles. The predicted molar refractivity (Wildman–Crippen MR) is 130 cm³/mol. The highest BCUT2D eigenvalue weighted by Gasteiger charge is 2.29. The number of carboxylic acid groups (broad SMARTS) is 1. The van der Waals surface area contributed by atoms with Crippen molar-refractivity contribution >= 4 is 29.3 Å². The third-order valence-electron chi connectivity index (χ3n) is 5.44. The van der Waals surface area contributed by atoms with Gasteiger partial charge in [0.25, 0.3) is 5.91 Å². The Labute approximate surface area is 192 Å². The SMILES string of the molecule is Cc1cccc(NC(=O)Nc2ccc(-c3ccc(C(=O)NC(C)(C)C(=O)O)cc3)cc2)c1C. The maximum absolute atomic E-state index is 12.3. The van der Waals surface area contributed by atoms with Crippen LogP contribution in [-0.2, 0) is 4.79 Å². The van der Waals surface area contributed by atoms with Crippen molar-refractivity contribution in [1.29, 1.82) is 0 Å². The number of carbonyl (C=O) groups is 3. The first kappa shape index (κ1) is 23.5. The van der Waals surface area contributed by atoms with Crippen molar-refractivity contribution in [2.75, 3.05) is 10.6 Å². The normalized spacial score (nSPS) is 10.9. The molecule has 3 aromatic rings. The molecule has 3 rings (SSSR count). The Hall–Kier alpha value is -4.13. The highest BCUT2D eigenvalue weighted by atomic mass is 16.4. The van der Waals surface area contributed by atoms with Crippen LogP contribution in [0.2, 0.25) is 0 Å². The molecule has 4 N–H and O–H groups in total. The van der Waals surface area contributed by atoms with Gasteiger partial charge in [0.15, 0.2) is 0 Å². The number of hydrogen-bond donors (Lipinski definition) is 4. The summed E-state index contributed by atoms with van der Waals surface area (Å²) in [5.41, 5.74) is 4.34. The molecular formula is C26H27N3O4. The number of aliphatic carboxylic acids is 1. The molecule has 0 aliphatic rings. The Morgan fingerprint density at radius 1 is 0.788 bits per heavy atom. The van der Waals surface area contributed by atoms with E-state index in [1.165, 1.54) is 13.8 Å². The number of carboxylic acids is 1. The summed E-state index contributed by atoms with van der Waals surface area (Å²) < 4.78 is 0. The van der Waals surface area contributed by atoms with Crippen molar-refractivity contribution in [3.63, 3.8) is 0 Å². The first-order chi connectivity index (χ1) is 15.6. The Morgan fingerprint density at radius 3 is 1.94 bits per heavy atom. The van der Waals surface area contributed by atoms with E-state index in [2.05, 4.69) is 16.0 Å². The summed E-state index contributed by atoms with van der Waals surface area (Å²) in [5.74, 6) is -1.56. The minimum atomic E-state index is -1.36. The molecule has 0 heterocycles. The van der Waals surface area contributed by atoms with Gasteiger partial charge >= 0.3 is 12.0 Å². The number of carbonyl (C=O) groups excluding carboxylic acids is 2. The van der Waals surface area contributed by atoms with E-state index in [-0.39, 0.29) is 6.03 Å². The molecule has 0 fully saturated rings. The smallest absolute Gasteiger partial charge is 0.328 e. The van der Waals surface area contributed by atoms with Crippen LogP contribution in [0.5, 0.6) is 0 Å². The van der Waals surface area contributed by atoms with E-state index in [1.807, 2.05) is 44.2 Å². The Bertz CT molecular complexity index is 1180.